The minimum atomic E-state index is -3.71. The molecule has 0 aliphatic rings. The largest absolute Gasteiger partial charge is 0.350 e. The molecule has 0 fully saturated rings. The highest BCUT2D eigenvalue weighted by Gasteiger charge is 2.20. The highest BCUT2D eigenvalue weighted by atomic mass is 32.2. The van der Waals surface area contributed by atoms with E-state index in [1.165, 1.54) is 36.4 Å². The zero-order valence-electron chi connectivity index (χ0n) is 12.9. The molecule has 0 aromatic heterocycles. The third-order valence-corrected chi connectivity index (χ3v) is 4.35. The van der Waals surface area contributed by atoms with Gasteiger partial charge < -0.3 is 5.32 Å². The molecule has 24 heavy (non-hydrogen) atoms. The Morgan fingerprint density at radius 2 is 1.50 bits per heavy atom. The van der Waals surface area contributed by atoms with Crippen LogP contribution in [-0.2, 0) is 21.4 Å². The first-order chi connectivity index (χ1) is 11.3. The number of amides is 1. The van der Waals surface area contributed by atoms with Gasteiger partial charge in [0.05, 0.1) is 11.9 Å². The summed E-state index contributed by atoms with van der Waals surface area (Å²) in [7, 11) is -3.71. The lowest BCUT2D eigenvalue weighted by atomic mass is 10.2. The lowest BCUT2D eigenvalue weighted by Crippen LogP contribution is -2.40. The second-order valence-electron chi connectivity index (χ2n) is 5.15. The van der Waals surface area contributed by atoms with Crippen molar-refractivity contribution >= 4 is 21.6 Å². The predicted molar refractivity (Wildman–Crippen MR) is 86.8 cm³/mol. The number of sulfonamides is 1. The Bertz CT molecular complexity index is 806. The van der Waals surface area contributed by atoms with Crippen molar-refractivity contribution in [3.8, 4) is 0 Å². The van der Waals surface area contributed by atoms with Crippen molar-refractivity contribution < 1.29 is 22.0 Å². The molecule has 0 bridgehead atoms. The molecule has 5 nitrogen and oxygen atoms in total. The van der Waals surface area contributed by atoms with E-state index in [1.807, 2.05) is 0 Å². The topological polar surface area (TPSA) is 66.5 Å². The Labute approximate surface area is 139 Å². The zero-order chi connectivity index (χ0) is 17.7. The highest BCUT2D eigenvalue weighted by Crippen LogP contribution is 2.17. The maximum atomic E-state index is 13.0. The number of hydrogen-bond acceptors (Lipinski definition) is 3. The molecule has 128 valence electrons. The maximum Gasteiger partial charge on any atom is 0.241 e. The molecule has 0 unspecified atom stereocenters. The minimum Gasteiger partial charge on any atom is -0.350 e. The van der Waals surface area contributed by atoms with E-state index in [-0.39, 0.29) is 18.0 Å². The maximum absolute atomic E-state index is 13.0. The number of nitrogens with one attached hydrogen (secondary N) is 1. The first kappa shape index (κ1) is 17.9. The number of nitrogens with zero attached hydrogens (tertiary/aromatic N) is 1. The van der Waals surface area contributed by atoms with E-state index in [2.05, 4.69) is 5.32 Å². The second-order valence-corrected chi connectivity index (χ2v) is 7.06. The molecule has 0 spiro atoms. The smallest absolute Gasteiger partial charge is 0.241 e. The van der Waals surface area contributed by atoms with Crippen LogP contribution in [0, 0.1) is 11.6 Å². The van der Waals surface area contributed by atoms with Crippen molar-refractivity contribution in [1.29, 1.82) is 0 Å². The van der Waals surface area contributed by atoms with E-state index in [9.17, 15) is 22.0 Å². The van der Waals surface area contributed by atoms with Gasteiger partial charge in [-0.05, 0) is 42.0 Å². The Hall–Kier alpha value is -2.48. The third kappa shape index (κ3) is 5.02. The molecule has 1 amide bonds. The van der Waals surface area contributed by atoms with Gasteiger partial charge in [-0.15, -0.1) is 0 Å². The fraction of sp³-hybridized carbons (Fsp3) is 0.188. The SMILES string of the molecule is CS(=O)(=O)N(CC(=O)NCc1ccc(F)cc1)c1ccc(F)cc1. The van der Waals surface area contributed by atoms with Gasteiger partial charge in [-0.3, -0.25) is 9.10 Å². The Kier molecular flexibility index (Phi) is 5.50. The first-order valence-corrected chi connectivity index (χ1v) is 8.85. The number of anilines is 1. The molecule has 0 aliphatic carbocycles. The van der Waals surface area contributed by atoms with Gasteiger partial charge in [0.25, 0.3) is 0 Å². The van der Waals surface area contributed by atoms with Gasteiger partial charge in [-0.2, -0.15) is 0 Å². The highest BCUT2D eigenvalue weighted by molar-refractivity contribution is 7.92. The van der Waals surface area contributed by atoms with E-state index in [1.54, 1.807) is 0 Å². The number of halogens is 2. The van der Waals surface area contributed by atoms with Gasteiger partial charge in [0.15, 0.2) is 0 Å². The molecule has 2 aromatic rings. The van der Waals surface area contributed by atoms with Crippen LogP contribution in [0.1, 0.15) is 5.56 Å². The van der Waals surface area contributed by atoms with E-state index in [0.29, 0.717) is 5.56 Å². The molecule has 2 rings (SSSR count). The third-order valence-electron chi connectivity index (χ3n) is 3.21. The van der Waals surface area contributed by atoms with Gasteiger partial charge in [-0.1, -0.05) is 12.1 Å². The van der Waals surface area contributed by atoms with Crippen LogP contribution >= 0.6 is 0 Å². The van der Waals surface area contributed by atoms with Crippen LogP contribution in [0.15, 0.2) is 48.5 Å². The summed E-state index contributed by atoms with van der Waals surface area (Å²) in [5.41, 5.74) is 0.869. The number of rotatable bonds is 6. The Balaban J connectivity index is 2.05. The summed E-state index contributed by atoms with van der Waals surface area (Å²) in [6.07, 6.45) is 0.962. The summed E-state index contributed by atoms with van der Waals surface area (Å²) in [6.45, 7) is -0.300. The van der Waals surface area contributed by atoms with E-state index < -0.39 is 28.3 Å². The standard InChI is InChI=1S/C16H16F2N2O3S/c1-24(22,23)20(15-8-6-14(18)7-9-15)11-16(21)19-10-12-2-4-13(17)5-3-12/h2-9H,10-11H2,1H3,(H,19,21). The number of hydrogen-bond donors (Lipinski definition) is 1. The molecule has 1 N–H and O–H groups in total. The van der Waals surface area contributed by atoms with Crippen molar-refractivity contribution in [3.05, 3.63) is 65.7 Å². The lowest BCUT2D eigenvalue weighted by Gasteiger charge is -2.21. The Morgan fingerprint density at radius 3 is 2.00 bits per heavy atom. The van der Waals surface area contributed by atoms with Gasteiger partial charge in [0.2, 0.25) is 15.9 Å². The first-order valence-electron chi connectivity index (χ1n) is 7.00. The minimum absolute atomic E-state index is 0.139. The average molecular weight is 354 g/mol. The van der Waals surface area contributed by atoms with E-state index in [4.69, 9.17) is 0 Å². The predicted octanol–water partition coefficient (Wildman–Crippen LogP) is 2.05. The number of benzene rings is 2. The monoisotopic (exact) mass is 354 g/mol. The van der Waals surface area contributed by atoms with E-state index >= 15 is 0 Å². The molecular formula is C16H16F2N2O3S. The second kappa shape index (κ2) is 7.39. The summed E-state index contributed by atoms with van der Waals surface area (Å²) in [6, 6.07) is 10.4. The zero-order valence-corrected chi connectivity index (χ0v) is 13.7. The van der Waals surface area contributed by atoms with Crippen LogP contribution in [0.5, 0.6) is 0 Å². The number of carbonyl (C=O) groups excluding carboxylic acids is 1. The van der Waals surface area contributed by atoms with Crippen molar-refractivity contribution in [2.75, 3.05) is 17.1 Å². The fourth-order valence-electron chi connectivity index (χ4n) is 2.00. The number of carbonyl (C=O) groups is 1. The van der Waals surface area contributed by atoms with Crippen LogP contribution in [0.25, 0.3) is 0 Å². The van der Waals surface area contributed by atoms with Crippen LogP contribution in [0.2, 0.25) is 0 Å². The summed E-state index contributed by atoms with van der Waals surface area (Å²) in [5.74, 6) is -1.42. The summed E-state index contributed by atoms with van der Waals surface area (Å²) in [4.78, 5) is 12.0. The quantitative estimate of drug-likeness (QED) is 0.863. The molecule has 0 saturated carbocycles. The Morgan fingerprint density at radius 1 is 1.00 bits per heavy atom. The van der Waals surface area contributed by atoms with Gasteiger partial charge in [-0.25, -0.2) is 17.2 Å². The lowest BCUT2D eigenvalue weighted by molar-refractivity contribution is -0.119. The molecule has 2 aromatic carbocycles. The van der Waals surface area contributed by atoms with Crippen molar-refractivity contribution in [1.82, 2.24) is 5.32 Å². The van der Waals surface area contributed by atoms with Gasteiger partial charge in [0.1, 0.15) is 18.2 Å². The molecule has 0 aliphatic heterocycles. The van der Waals surface area contributed by atoms with E-state index in [0.717, 1.165) is 22.7 Å². The molecule has 0 saturated heterocycles. The molecule has 0 radical (unpaired) electrons. The van der Waals surface area contributed by atoms with Crippen molar-refractivity contribution in [2.45, 2.75) is 6.54 Å². The summed E-state index contributed by atoms with van der Waals surface area (Å²) in [5, 5.41) is 2.56. The normalized spacial score (nSPS) is 11.1. The summed E-state index contributed by atoms with van der Waals surface area (Å²) >= 11 is 0. The summed E-state index contributed by atoms with van der Waals surface area (Å²) < 4.78 is 50.4. The fourth-order valence-corrected chi connectivity index (χ4v) is 2.85. The van der Waals surface area contributed by atoms with Crippen LogP contribution < -0.4 is 9.62 Å². The molecule has 0 heterocycles. The molecular weight excluding hydrogens is 338 g/mol. The van der Waals surface area contributed by atoms with Crippen LogP contribution in [-0.4, -0.2) is 27.1 Å². The van der Waals surface area contributed by atoms with Gasteiger partial charge in [0, 0.05) is 6.54 Å². The average Bonchev–Trinajstić information content (AvgIpc) is 2.52. The molecule has 8 heteroatoms. The molecule has 0 atom stereocenters. The van der Waals surface area contributed by atoms with Crippen LogP contribution in [0.4, 0.5) is 14.5 Å². The van der Waals surface area contributed by atoms with Crippen molar-refractivity contribution in [2.24, 2.45) is 0 Å². The van der Waals surface area contributed by atoms with Crippen LogP contribution in [0.3, 0.4) is 0 Å². The van der Waals surface area contributed by atoms with Crippen molar-refractivity contribution in [3.63, 3.8) is 0 Å². The van der Waals surface area contributed by atoms with Gasteiger partial charge >= 0.3 is 0 Å².